The van der Waals surface area contributed by atoms with E-state index >= 15 is 0 Å². The second-order valence-corrected chi connectivity index (χ2v) is 5.81. The van der Waals surface area contributed by atoms with E-state index in [-0.39, 0.29) is 5.91 Å². The van der Waals surface area contributed by atoms with E-state index in [1.807, 2.05) is 5.38 Å². The Bertz CT molecular complexity index is 442. The van der Waals surface area contributed by atoms with Gasteiger partial charge in [0, 0.05) is 18.3 Å². The Hall–Kier alpha value is -1.41. The lowest BCUT2D eigenvalue weighted by Crippen LogP contribution is -2.40. The first-order valence-electron chi connectivity index (χ1n) is 6.83. The number of hydrogen-bond donors (Lipinski definition) is 1. The number of carbonyl (C=O) groups is 1. The molecule has 1 amide bonds. The summed E-state index contributed by atoms with van der Waals surface area (Å²) < 4.78 is 0. The Morgan fingerprint density at radius 1 is 1.42 bits per heavy atom. The topological polar surface area (TPSA) is 65.8 Å². The predicted molar refractivity (Wildman–Crippen MR) is 74.6 cm³/mol. The minimum absolute atomic E-state index is 0.0906. The van der Waals surface area contributed by atoms with Gasteiger partial charge in [-0.15, -0.1) is 11.3 Å². The van der Waals surface area contributed by atoms with Gasteiger partial charge in [0.05, 0.1) is 17.3 Å². The maximum absolute atomic E-state index is 12.3. The molecule has 1 aromatic rings. The molecule has 1 heterocycles. The summed E-state index contributed by atoms with van der Waals surface area (Å²) in [6.45, 7) is 0.562. The van der Waals surface area contributed by atoms with Crippen molar-refractivity contribution in [3.8, 4) is 6.07 Å². The summed E-state index contributed by atoms with van der Waals surface area (Å²) in [4.78, 5) is 16.5. The number of amides is 1. The molecule has 0 aliphatic heterocycles. The lowest BCUT2D eigenvalue weighted by molar-refractivity contribution is -0.128. The van der Waals surface area contributed by atoms with E-state index in [0.29, 0.717) is 19.4 Å². The van der Waals surface area contributed by atoms with E-state index < -0.39 is 5.41 Å². The highest BCUT2D eigenvalue weighted by Gasteiger charge is 2.38. The van der Waals surface area contributed by atoms with Crippen molar-refractivity contribution >= 4 is 17.2 Å². The minimum Gasteiger partial charge on any atom is -0.354 e. The third kappa shape index (κ3) is 3.54. The molecule has 1 N–H and O–H groups in total. The smallest absolute Gasteiger partial charge is 0.240 e. The van der Waals surface area contributed by atoms with Crippen LogP contribution in [0.2, 0.25) is 0 Å². The molecule has 0 spiro atoms. The maximum atomic E-state index is 12.3. The third-order valence-corrected chi connectivity index (χ3v) is 4.39. The van der Waals surface area contributed by atoms with Gasteiger partial charge >= 0.3 is 0 Å². The van der Waals surface area contributed by atoms with Gasteiger partial charge in [-0.1, -0.05) is 25.7 Å². The van der Waals surface area contributed by atoms with E-state index in [1.165, 1.54) is 0 Å². The van der Waals surface area contributed by atoms with Gasteiger partial charge in [-0.2, -0.15) is 5.26 Å². The van der Waals surface area contributed by atoms with Crippen molar-refractivity contribution in [3.05, 3.63) is 16.6 Å². The third-order valence-electron chi connectivity index (χ3n) is 3.76. The normalized spacial score (nSPS) is 18.3. The molecule has 0 unspecified atom stereocenters. The molecule has 0 aromatic carbocycles. The van der Waals surface area contributed by atoms with Crippen molar-refractivity contribution in [2.45, 2.75) is 44.9 Å². The first-order valence-corrected chi connectivity index (χ1v) is 7.78. The van der Waals surface area contributed by atoms with E-state index in [0.717, 1.165) is 37.8 Å². The Morgan fingerprint density at radius 2 is 2.16 bits per heavy atom. The van der Waals surface area contributed by atoms with Gasteiger partial charge in [-0.3, -0.25) is 4.79 Å². The second kappa shape index (κ2) is 6.67. The number of thiazole rings is 1. The number of rotatable bonds is 4. The molecule has 19 heavy (non-hydrogen) atoms. The van der Waals surface area contributed by atoms with Gasteiger partial charge in [0.2, 0.25) is 5.91 Å². The maximum Gasteiger partial charge on any atom is 0.240 e. The molecule has 1 saturated carbocycles. The van der Waals surface area contributed by atoms with Gasteiger partial charge < -0.3 is 5.32 Å². The van der Waals surface area contributed by atoms with Crippen molar-refractivity contribution < 1.29 is 4.79 Å². The second-order valence-electron chi connectivity index (χ2n) is 5.09. The zero-order valence-electron chi connectivity index (χ0n) is 11.0. The van der Waals surface area contributed by atoms with Gasteiger partial charge in [-0.25, -0.2) is 4.98 Å². The molecule has 1 aliphatic carbocycles. The number of nitrogens with one attached hydrogen (secondary N) is 1. The number of aromatic nitrogens is 1. The Morgan fingerprint density at radius 3 is 2.74 bits per heavy atom. The van der Waals surface area contributed by atoms with Crippen LogP contribution < -0.4 is 5.32 Å². The molecule has 1 aromatic heterocycles. The number of carbonyl (C=O) groups excluding carboxylic acids is 1. The quantitative estimate of drug-likeness (QED) is 0.860. The fraction of sp³-hybridized carbons (Fsp3) is 0.643. The van der Waals surface area contributed by atoms with Crippen LogP contribution >= 0.6 is 11.3 Å². The summed E-state index contributed by atoms with van der Waals surface area (Å²) >= 11 is 1.56. The summed E-state index contributed by atoms with van der Waals surface area (Å²) in [6, 6.07) is 2.28. The largest absolute Gasteiger partial charge is 0.354 e. The van der Waals surface area contributed by atoms with Gasteiger partial charge in [-0.05, 0) is 12.8 Å². The molecule has 0 saturated heterocycles. The SMILES string of the molecule is N#CC1(C(=O)NCCc2cscn2)CCCCCC1. The molecular weight excluding hydrogens is 258 g/mol. The van der Waals surface area contributed by atoms with Gasteiger partial charge in [0.15, 0.2) is 0 Å². The lowest BCUT2D eigenvalue weighted by Gasteiger charge is -2.23. The van der Waals surface area contributed by atoms with Crippen LogP contribution in [0.1, 0.15) is 44.2 Å². The fourth-order valence-corrected chi connectivity index (χ4v) is 3.15. The summed E-state index contributed by atoms with van der Waals surface area (Å²) in [7, 11) is 0. The van der Waals surface area contributed by atoms with Gasteiger partial charge in [0.25, 0.3) is 0 Å². The first-order chi connectivity index (χ1) is 9.27. The lowest BCUT2D eigenvalue weighted by atomic mass is 9.81. The zero-order chi connectivity index (χ0) is 13.6. The van der Waals surface area contributed by atoms with Crippen molar-refractivity contribution in [2.24, 2.45) is 5.41 Å². The highest BCUT2D eigenvalue weighted by Crippen LogP contribution is 2.34. The van der Waals surface area contributed by atoms with Crippen molar-refractivity contribution in [2.75, 3.05) is 6.54 Å². The molecule has 0 radical (unpaired) electrons. The van der Waals surface area contributed by atoms with Crippen LogP contribution in [0.5, 0.6) is 0 Å². The Kier molecular flexibility index (Phi) is 4.92. The molecular formula is C14H19N3OS. The fourth-order valence-electron chi connectivity index (χ4n) is 2.56. The van der Waals surface area contributed by atoms with E-state index in [9.17, 15) is 10.1 Å². The number of nitrogens with zero attached hydrogens (tertiary/aromatic N) is 2. The monoisotopic (exact) mass is 277 g/mol. The summed E-state index contributed by atoms with van der Waals surface area (Å²) in [5, 5.41) is 14.3. The molecule has 5 heteroatoms. The highest BCUT2D eigenvalue weighted by molar-refractivity contribution is 7.07. The molecule has 102 valence electrons. The Balaban J connectivity index is 1.87. The molecule has 4 nitrogen and oxygen atoms in total. The average Bonchev–Trinajstić information content (AvgIpc) is 2.82. The summed E-state index contributed by atoms with van der Waals surface area (Å²) in [5.41, 5.74) is 2.00. The van der Waals surface area contributed by atoms with E-state index in [4.69, 9.17) is 0 Å². The van der Waals surface area contributed by atoms with Crippen LogP contribution in [0.4, 0.5) is 0 Å². The van der Waals surface area contributed by atoms with E-state index in [1.54, 1.807) is 16.8 Å². The van der Waals surface area contributed by atoms with Crippen LogP contribution in [-0.2, 0) is 11.2 Å². The molecule has 0 atom stereocenters. The highest BCUT2D eigenvalue weighted by atomic mass is 32.1. The summed E-state index contributed by atoms with van der Waals surface area (Å²) in [5.74, 6) is -0.0906. The van der Waals surface area contributed by atoms with Crippen LogP contribution in [0.15, 0.2) is 10.9 Å². The number of nitriles is 1. The van der Waals surface area contributed by atoms with Crippen LogP contribution in [0.25, 0.3) is 0 Å². The molecule has 1 fully saturated rings. The van der Waals surface area contributed by atoms with Crippen LogP contribution in [0.3, 0.4) is 0 Å². The average molecular weight is 277 g/mol. The Labute approximate surface area is 117 Å². The van der Waals surface area contributed by atoms with Crippen molar-refractivity contribution in [1.29, 1.82) is 5.26 Å². The van der Waals surface area contributed by atoms with Crippen LogP contribution in [0, 0.1) is 16.7 Å². The molecule has 2 rings (SSSR count). The first kappa shape index (κ1) is 14.0. The van der Waals surface area contributed by atoms with Gasteiger partial charge in [0.1, 0.15) is 5.41 Å². The standard InChI is InChI=1S/C14H19N3OS/c15-10-14(6-3-1-2-4-7-14)13(18)16-8-5-12-9-19-11-17-12/h9,11H,1-8H2,(H,16,18). The van der Waals surface area contributed by atoms with Crippen LogP contribution in [-0.4, -0.2) is 17.4 Å². The predicted octanol–water partition coefficient (Wildman–Crippen LogP) is 2.67. The molecule has 1 aliphatic rings. The van der Waals surface area contributed by atoms with Crippen molar-refractivity contribution in [3.63, 3.8) is 0 Å². The number of hydrogen-bond acceptors (Lipinski definition) is 4. The minimum atomic E-state index is -0.793. The zero-order valence-corrected chi connectivity index (χ0v) is 11.8. The summed E-state index contributed by atoms with van der Waals surface area (Å²) in [6.07, 6.45) is 6.36. The molecule has 0 bridgehead atoms. The van der Waals surface area contributed by atoms with Crippen molar-refractivity contribution in [1.82, 2.24) is 10.3 Å². The van der Waals surface area contributed by atoms with E-state index in [2.05, 4.69) is 16.4 Å².